The van der Waals surface area contributed by atoms with E-state index in [0.717, 1.165) is 18.7 Å². The molecule has 0 atom stereocenters. The van der Waals surface area contributed by atoms with Crippen molar-refractivity contribution in [2.75, 3.05) is 13.2 Å². The van der Waals surface area contributed by atoms with Crippen molar-refractivity contribution in [1.29, 1.82) is 0 Å². The zero-order chi connectivity index (χ0) is 14.5. The second-order valence-electron chi connectivity index (χ2n) is 5.14. The number of halogens is 2. The van der Waals surface area contributed by atoms with Crippen LogP contribution >= 0.6 is 0 Å². The predicted molar refractivity (Wildman–Crippen MR) is 66.6 cm³/mol. The van der Waals surface area contributed by atoms with Crippen LogP contribution in [0.15, 0.2) is 12.3 Å². The Balaban J connectivity index is 2.63. The van der Waals surface area contributed by atoms with Crippen LogP contribution in [-0.2, 0) is 0 Å². The molecule has 2 N–H and O–H groups in total. The van der Waals surface area contributed by atoms with Crippen LogP contribution in [-0.4, -0.2) is 29.1 Å². The van der Waals surface area contributed by atoms with Crippen molar-refractivity contribution in [3.8, 4) is 0 Å². The minimum absolute atomic E-state index is 0.0849. The first-order valence-corrected chi connectivity index (χ1v) is 6.06. The Labute approximate surface area is 110 Å². The van der Waals surface area contributed by atoms with Crippen LogP contribution in [0.2, 0.25) is 0 Å². The molecule has 1 aromatic rings. The van der Waals surface area contributed by atoms with Gasteiger partial charge in [0.05, 0.1) is 5.56 Å². The lowest BCUT2D eigenvalue weighted by atomic mass is 9.88. The van der Waals surface area contributed by atoms with Crippen molar-refractivity contribution >= 4 is 5.91 Å². The van der Waals surface area contributed by atoms with Crippen molar-refractivity contribution in [1.82, 2.24) is 10.3 Å². The highest BCUT2D eigenvalue weighted by Gasteiger charge is 2.21. The number of nitrogens with one attached hydrogen (secondary N) is 1. The first kappa shape index (κ1) is 15.5. The maximum atomic E-state index is 13.3. The van der Waals surface area contributed by atoms with E-state index in [4.69, 9.17) is 5.11 Å². The summed E-state index contributed by atoms with van der Waals surface area (Å²) in [6.45, 7) is 4.25. The first-order valence-electron chi connectivity index (χ1n) is 6.06. The zero-order valence-corrected chi connectivity index (χ0v) is 11.0. The maximum Gasteiger partial charge on any atom is 0.254 e. The molecule has 0 spiro atoms. The number of aromatic nitrogens is 1. The summed E-state index contributed by atoms with van der Waals surface area (Å²) >= 11 is 0. The molecule has 0 saturated heterocycles. The van der Waals surface area contributed by atoms with Gasteiger partial charge in [0.2, 0.25) is 5.95 Å². The van der Waals surface area contributed by atoms with Crippen LogP contribution in [0.5, 0.6) is 0 Å². The van der Waals surface area contributed by atoms with Crippen molar-refractivity contribution < 1.29 is 18.7 Å². The Morgan fingerprint density at radius 1 is 1.47 bits per heavy atom. The van der Waals surface area contributed by atoms with E-state index in [1.807, 2.05) is 13.8 Å². The molecule has 6 heteroatoms. The van der Waals surface area contributed by atoms with E-state index in [1.54, 1.807) is 0 Å². The molecule has 0 radical (unpaired) electrons. The van der Waals surface area contributed by atoms with Gasteiger partial charge < -0.3 is 10.4 Å². The van der Waals surface area contributed by atoms with Crippen molar-refractivity contribution in [3.05, 3.63) is 29.6 Å². The molecule has 0 aliphatic rings. The number of nitrogens with zero attached hydrogens (tertiary/aromatic N) is 1. The van der Waals surface area contributed by atoms with E-state index in [1.165, 1.54) is 0 Å². The molecule has 1 rings (SSSR count). The number of hydrogen-bond donors (Lipinski definition) is 2. The summed E-state index contributed by atoms with van der Waals surface area (Å²) in [5.41, 5.74) is -0.578. The van der Waals surface area contributed by atoms with Crippen molar-refractivity contribution in [2.45, 2.75) is 26.7 Å². The molecule has 4 nitrogen and oxygen atoms in total. The average molecular weight is 272 g/mol. The van der Waals surface area contributed by atoms with Gasteiger partial charge in [0, 0.05) is 19.3 Å². The van der Waals surface area contributed by atoms with E-state index >= 15 is 0 Å². The van der Waals surface area contributed by atoms with Gasteiger partial charge in [0.25, 0.3) is 5.91 Å². The fourth-order valence-electron chi connectivity index (χ4n) is 1.65. The minimum Gasteiger partial charge on any atom is -0.396 e. The zero-order valence-electron chi connectivity index (χ0n) is 11.0. The Morgan fingerprint density at radius 3 is 2.79 bits per heavy atom. The quantitative estimate of drug-likeness (QED) is 0.777. The lowest BCUT2D eigenvalue weighted by Gasteiger charge is -2.24. The summed E-state index contributed by atoms with van der Waals surface area (Å²) in [7, 11) is 0. The number of carbonyl (C=O) groups is 1. The number of rotatable bonds is 6. The third kappa shape index (κ3) is 4.55. The number of aliphatic hydroxyl groups is 1. The second kappa shape index (κ2) is 6.56. The summed E-state index contributed by atoms with van der Waals surface area (Å²) in [5.74, 6) is -3.20. The lowest BCUT2D eigenvalue weighted by molar-refractivity contribution is 0.0927. The van der Waals surface area contributed by atoms with Gasteiger partial charge in [0.1, 0.15) is 0 Å². The van der Waals surface area contributed by atoms with Crippen LogP contribution in [0.4, 0.5) is 8.78 Å². The predicted octanol–water partition coefficient (Wildman–Crippen LogP) is 1.89. The standard InChI is InChI=1S/C13H18F2N2O2/c1-13(2,5-3-7-18)8-17-12(19)9-4-6-16-11(15)10(9)14/h4,6,18H,3,5,7-8H2,1-2H3,(H,17,19). The van der Waals surface area contributed by atoms with Crippen LogP contribution in [0.25, 0.3) is 0 Å². The molecular weight excluding hydrogens is 254 g/mol. The van der Waals surface area contributed by atoms with Gasteiger partial charge in [-0.1, -0.05) is 13.8 Å². The number of aliphatic hydroxyl groups excluding tert-OH is 1. The third-order valence-electron chi connectivity index (χ3n) is 2.83. The van der Waals surface area contributed by atoms with Gasteiger partial charge in [-0.15, -0.1) is 0 Å². The van der Waals surface area contributed by atoms with Crippen LogP contribution < -0.4 is 5.32 Å². The Bertz CT molecular complexity index is 450. The van der Waals surface area contributed by atoms with Gasteiger partial charge in [-0.3, -0.25) is 4.79 Å². The first-order chi connectivity index (χ1) is 8.87. The molecule has 0 bridgehead atoms. The third-order valence-corrected chi connectivity index (χ3v) is 2.83. The van der Waals surface area contributed by atoms with Crippen molar-refractivity contribution in [2.24, 2.45) is 5.41 Å². The fourth-order valence-corrected chi connectivity index (χ4v) is 1.65. The van der Waals surface area contributed by atoms with Crippen LogP contribution in [0, 0.1) is 17.2 Å². The maximum absolute atomic E-state index is 13.3. The SMILES string of the molecule is CC(C)(CCCO)CNC(=O)c1ccnc(F)c1F. The highest BCUT2D eigenvalue weighted by Crippen LogP contribution is 2.21. The second-order valence-corrected chi connectivity index (χ2v) is 5.14. The van der Waals surface area contributed by atoms with Gasteiger partial charge in [-0.2, -0.15) is 4.39 Å². The Kier molecular flexibility index (Phi) is 5.35. The van der Waals surface area contributed by atoms with Crippen LogP contribution in [0.3, 0.4) is 0 Å². The number of pyridine rings is 1. The number of carbonyl (C=O) groups excluding carboxylic acids is 1. The van der Waals surface area contributed by atoms with Gasteiger partial charge >= 0.3 is 0 Å². The largest absolute Gasteiger partial charge is 0.396 e. The summed E-state index contributed by atoms with van der Waals surface area (Å²) in [6.07, 6.45) is 2.39. The molecule has 1 heterocycles. The highest BCUT2D eigenvalue weighted by atomic mass is 19.2. The van der Waals surface area contributed by atoms with E-state index in [2.05, 4.69) is 10.3 Å². The number of hydrogen-bond acceptors (Lipinski definition) is 3. The Hall–Kier alpha value is -1.56. The molecule has 0 unspecified atom stereocenters. The molecule has 0 aliphatic carbocycles. The minimum atomic E-state index is -1.29. The fraction of sp³-hybridized carbons (Fsp3) is 0.538. The smallest absolute Gasteiger partial charge is 0.254 e. The molecule has 0 saturated carbocycles. The molecule has 106 valence electrons. The highest BCUT2D eigenvalue weighted by molar-refractivity contribution is 5.94. The molecule has 1 amide bonds. The molecule has 0 aliphatic heterocycles. The summed E-state index contributed by atoms with van der Waals surface area (Å²) < 4.78 is 26.2. The lowest BCUT2D eigenvalue weighted by Crippen LogP contribution is -2.34. The van der Waals surface area contributed by atoms with E-state index in [0.29, 0.717) is 13.0 Å². The van der Waals surface area contributed by atoms with Gasteiger partial charge in [-0.25, -0.2) is 9.37 Å². The summed E-state index contributed by atoms with van der Waals surface area (Å²) in [5, 5.41) is 11.3. The normalized spacial score (nSPS) is 11.4. The summed E-state index contributed by atoms with van der Waals surface area (Å²) in [4.78, 5) is 14.9. The van der Waals surface area contributed by atoms with E-state index < -0.39 is 17.7 Å². The molecule has 0 aromatic carbocycles. The molecule has 19 heavy (non-hydrogen) atoms. The topological polar surface area (TPSA) is 62.2 Å². The molecular formula is C13H18F2N2O2. The monoisotopic (exact) mass is 272 g/mol. The molecule has 1 aromatic heterocycles. The van der Waals surface area contributed by atoms with Gasteiger partial charge in [-0.05, 0) is 24.3 Å². The molecule has 0 fully saturated rings. The summed E-state index contributed by atoms with van der Waals surface area (Å²) in [6, 6.07) is 1.13. The van der Waals surface area contributed by atoms with Gasteiger partial charge in [0.15, 0.2) is 5.82 Å². The van der Waals surface area contributed by atoms with E-state index in [-0.39, 0.29) is 17.6 Å². The van der Waals surface area contributed by atoms with Crippen LogP contribution in [0.1, 0.15) is 37.0 Å². The van der Waals surface area contributed by atoms with Crippen molar-refractivity contribution in [3.63, 3.8) is 0 Å². The van der Waals surface area contributed by atoms with E-state index in [9.17, 15) is 13.6 Å². The number of amides is 1. The average Bonchev–Trinajstić information content (AvgIpc) is 2.37. The Morgan fingerprint density at radius 2 is 2.16 bits per heavy atom.